The van der Waals surface area contributed by atoms with Gasteiger partial charge in [0, 0.05) is 12.3 Å². The molecule has 1 N–H and O–H groups in total. The van der Waals surface area contributed by atoms with Gasteiger partial charge in [0.05, 0.1) is 7.11 Å². The molecule has 0 aromatic heterocycles. The summed E-state index contributed by atoms with van der Waals surface area (Å²) in [6.45, 7) is 3.70. The summed E-state index contributed by atoms with van der Waals surface area (Å²) >= 11 is 0. The molecule has 0 saturated carbocycles. The van der Waals surface area contributed by atoms with E-state index in [-0.39, 0.29) is 17.5 Å². The van der Waals surface area contributed by atoms with Crippen LogP contribution in [0.4, 0.5) is 0 Å². The zero-order valence-corrected chi connectivity index (χ0v) is 9.28. The molecule has 1 aromatic rings. The Labute approximate surface area is 89.7 Å². The van der Waals surface area contributed by atoms with Gasteiger partial charge in [0.2, 0.25) is 0 Å². The molecule has 3 nitrogen and oxygen atoms in total. The summed E-state index contributed by atoms with van der Waals surface area (Å²) in [5.41, 5.74) is 0.872. The molecule has 1 atom stereocenters. The highest BCUT2D eigenvalue weighted by Gasteiger charge is 2.14. The van der Waals surface area contributed by atoms with Crippen LogP contribution in [0.1, 0.15) is 31.7 Å². The van der Waals surface area contributed by atoms with Crippen molar-refractivity contribution in [2.24, 2.45) is 0 Å². The second kappa shape index (κ2) is 4.82. The van der Waals surface area contributed by atoms with Crippen molar-refractivity contribution in [2.75, 3.05) is 7.11 Å². The summed E-state index contributed by atoms with van der Waals surface area (Å²) in [6, 6.07) is 5.00. The van der Waals surface area contributed by atoms with Crippen molar-refractivity contribution < 1.29 is 14.6 Å². The number of carbonyl (C=O) groups excluding carboxylic acids is 1. The van der Waals surface area contributed by atoms with Gasteiger partial charge in [-0.2, -0.15) is 0 Å². The molecule has 1 aromatic carbocycles. The minimum Gasteiger partial charge on any atom is -0.504 e. The first-order valence-corrected chi connectivity index (χ1v) is 4.99. The lowest BCUT2D eigenvalue weighted by molar-refractivity contribution is -0.119. The maximum atomic E-state index is 11.5. The quantitative estimate of drug-likeness (QED) is 0.826. The SMILES string of the molecule is CCC(=O)C(C)c1ccc(O)c(OC)c1. The summed E-state index contributed by atoms with van der Waals surface area (Å²) < 4.78 is 4.99. The Morgan fingerprint density at radius 2 is 2.20 bits per heavy atom. The molecule has 0 amide bonds. The third kappa shape index (κ3) is 2.49. The summed E-state index contributed by atoms with van der Waals surface area (Å²) in [5.74, 6) is 0.535. The Bertz CT molecular complexity index is 358. The third-order valence-electron chi connectivity index (χ3n) is 2.54. The molecule has 1 rings (SSSR count). The topological polar surface area (TPSA) is 46.5 Å². The lowest BCUT2D eigenvalue weighted by Gasteiger charge is -2.11. The lowest BCUT2D eigenvalue weighted by atomic mass is 9.95. The average molecular weight is 208 g/mol. The van der Waals surface area contributed by atoms with Crippen LogP contribution >= 0.6 is 0 Å². The van der Waals surface area contributed by atoms with E-state index in [1.165, 1.54) is 7.11 Å². The number of carbonyl (C=O) groups is 1. The van der Waals surface area contributed by atoms with E-state index in [9.17, 15) is 9.90 Å². The van der Waals surface area contributed by atoms with Crippen molar-refractivity contribution in [1.29, 1.82) is 0 Å². The minimum atomic E-state index is -0.149. The number of ketones is 1. The standard InChI is InChI=1S/C12H16O3/c1-4-10(13)8(2)9-5-6-11(14)12(7-9)15-3/h5-8,14H,4H2,1-3H3. The molecular weight excluding hydrogens is 192 g/mol. The summed E-state index contributed by atoms with van der Waals surface area (Å²) in [6.07, 6.45) is 0.518. The molecule has 1 unspecified atom stereocenters. The van der Waals surface area contributed by atoms with Gasteiger partial charge in [-0.3, -0.25) is 4.79 Å². The largest absolute Gasteiger partial charge is 0.504 e. The van der Waals surface area contributed by atoms with Gasteiger partial charge in [-0.25, -0.2) is 0 Å². The number of phenols is 1. The van der Waals surface area contributed by atoms with E-state index < -0.39 is 0 Å². The Morgan fingerprint density at radius 3 is 2.73 bits per heavy atom. The molecule has 0 aliphatic heterocycles. The Kier molecular flexibility index (Phi) is 3.72. The molecule has 0 fully saturated rings. The van der Waals surface area contributed by atoms with Crippen LogP contribution in [0.2, 0.25) is 0 Å². The zero-order chi connectivity index (χ0) is 11.4. The van der Waals surface area contributed by atoms with Crippen molar-refractivity contribution in [2.45, 2.75) is 26.2 Å². The number of Topliss-reactive ketones (excluding diaryl/α,β-unsaturated/α-hetero) is 1. The molecule has 0 bridgehead atoms. The van der Waals surface area contributed by atoms with Crippen LogP contribution in [0.5, 0.6) is 11.5 Å². The predicted molar refractivity (Wildman–Crippen MR) is 58.4 cm³/mol. The predicted octanol–water partition coefficient (Wildman–Crippen LogP) is 2.48. The molecule has 0 radical (unpaired) electrons. The van der Waals surface area contributed by atoms with Gasteiger partial charge in [-0.15, -0.1) is 0 Å². The van der Waals surface area contributed by atoms with E-state index in [0.717, 1.165) is 5.56 Å². The van der Waals surface area contributed by atoms with Crippen LogP contribution in [-0.2, 0) is 4.79 Å². The first kappa shape index (κ1) is 11.6. The van der Waals surface area contributed by atoms with Crippen molar-refractivity contribution >= 4 is 5.78 Å². The number of rotatable bonds is 4. The van der Waals surface area contributed by atoms with Crippen LogP contribution in [0, 0.1) is 0 Å². The van der Waals surface area contributed by atoms with Crippen molar-refractivity contribution in [3.8, 4) is 11.5 Å². The highest BCUT2D eigenvalue weighted by atomic mass is 16.5. The molecule has 0 aliphatic carbocycles. The number of hydrogen-bond donors (Lipinski definition) is 1. The monoisotopic (exact) mass is 208 g/mol. The Hall–Kier alpha value is -1.51. The van der Waals surface area contributed by atoms with Crippen LogP contribution in [0.25, 0.3) is 0 Å². The summed E-state index contributed by atoms with van der Waals surface area (Å²) in [7, 11) is 1.49. The fourth-order valence-corrected chi connectivity index (χ4v) is 1.46. The molecule has 0 saturated heterocycles. The van der Waals surface area contributed by atoms with E-state index in [0.29, 0.717) is 12.2 Å². The number of hydrogen-bond acceptors (Lipinski definition) is 3. The van der Waals surface area contributed by atoms with Gasteiger partial charge in [-0.1, -0.05) is 19.9 Å². The first-order chi connectivity index (χ1) is 7.10. The first-order valence-electron chi connectivity index (χ1n) is 4.99. The van der Waals surface area contributed by atoms with Gasteiger partial charge in [-0.05, 0) is 17.7 Å². The van der Waals surface area contributed by atoms with E-state index in [4.69, 9.17) is 4.74 Å². The number of benzene rings is 1. The van der Waals surface area contributed by atoms with Crippen molar-refractivity contribution in [3.63, 3.8) is 0 Å². The second-order valence-corrected chi connectivity index (χ2v) is 3.47. The summed E-state index contributed by atoms with van der Waals surface area (Å²) in [5, 5.41) is 9.40. The van der Waals surface area contributed by atoms with E-state index >= 15 is 0 Å². The Morgan fingerprint density at radius 1 is 1.53 bits per heavy atom. The number of aromatic hydroxyl groups is 1. The number of phenolic OH excluding ortho intramolecular Hbond substituents is 1. The smallest absolute Gasteiger partial charge is 0.160 e. The number of ether oxygens (including phenoxy) is 1. The van der Waals surface area contributed by atoms with Gasteiger partial charge in [0.1, 0.15) is 5.78 Å². The molecule has 82 valence electrons. The fraction of sp³-hybridized carbons (Fsp3) is 0.417. The lowest BCUT2D eigenvalue weighted by Crippen LogP contribution is -2.07. The van der Waals surface area contributed by atoms with Crippen molar-refractivity contribution in [1.82, 2.24) is 0 Å². The molecule has 0 aliphatic rings. The maximum Gasteiger partial charge on any atom is 0.160 e. The molecular formula is C12H16O3. The average Bonchev–Trinajstić information content (AvgIpc) is 2.27. The van der Waals surface area contributed by atoms with Gasteiger partial charge < -0.3 is 9.84 Å². The highest BCUT2D eigenvalue weighted by molar-refractivity contribution is 5.85. The van der Waals surface area contributed by atoms with E-state index in [2.05, 4.69) is 0 Å². The normalized spacial score (nSPS) is 12.2. The molecule has 15 heavy (non-hydrogen) atoms. The minimum absolute atomic E-state index is 0.0948. The summed E-state index contributed by atoms with van der Waals surface area (Å²) in [4.78, 5) is 11.5. The van der Waals surface area contributed by atoms with Gasteiger partial charge in [0.15, 0.2) is 11.5 Å². The molecule has 0 heterocycles. The van der Waals surface area contributed by atoms with E-state index in [1.54, 1.807) is 18.2 Å². The van der Waals surface area contributed by atoms with Crippen LogP contribution < -0.4 is 4.74 Å². The van der Waals surface area contributed by atoms with Crippen LogP contribution in [0.15, 0.2) is 18.2 Å². The van der Waals surface area contributed by atoms with Gasteiger partial charge >= 0.3 is 0 Å². The highest BCUT2D eigenvalue weighted by Crippen LogP contribution is 2.30. The Balaban J connectivity index is 3.00. The van der Waals surface area contributed by atoms with Gasteiger partial charge in [0.25, 0.3) is 0 Å². The third-order valence-corrected chi connectivity index (χ3v) is 2.54. The second-order valence-electron chi connectivity index (χ2n) is 3.47. The molecule has 0 spiro atoms. The number of methoxy groups -OCH3 is 1. The van der Waals surface area contributed by atoms with Crippen LogP contribution in [0.3, 0.4) is 0 Å². The van der Waals surface area contributed by atoms with Crippen LogP contribution in [-0.4, -0.2) is 18.0 Å². The molecule has 3 heteroatoms. The van der Waals surface area contributed by atoms with Crippen molar-refractivity contribution in [3.05, 3.63) is 23.8 Å². The van der Waals surface area contributed by atoms with E-state index in [1.807, 2.05) is 13.8 Å². The fourth-order valence-electron chi connectivity index (χ4n) is 1.46. The maximum absolute atomic E-state index is 11.5. The zero-order valence-electron chi connectivity index (χ0n) is 9.28.